The Labute approximate surface area is 180 Å². The minimum absolute atomic E-state index is 0.213. The van der Waals surface area contributed by atoms with E-state index in [0.717, 1.165) is 5.56 Å². The lowest BCUT2D eigenvalue weighted by Crippen LogP contribution is -2.55. The molecule has 0 saturated carbocycles. The highest BCUT2D eigenvalue weighted by Crippen LogP contribution is 2.21. The van der Waals surface area contributed by atoms with Crippen molar-refractivity contribution in [2.45, 2.75) is 13.1 Å². The molecule has 1 aliphatic rings. The molecular weight excluding hydrogens is 406 g/mol. The normalized spacial score (nSPS) is 15.8. The Balaban J connectivity index is 1.83. The molecule has 2 aromatic rings. The van der Waals surface area contributed by atoms with Crippen molar-refractivity contribution in [1.29, 1.82) is 0 Å². The van der Waals surface area contributed by atoms with Gasteiger partial charge in [0.25, 0.3) is 11.8 Å². The van der Waals surface area contributed by atoms with Gasteiger partial charge in [0.05, 0.1) is 0 Å². The molecule has 0 bridgehead atoms. The highest BCUT2D eigenvalue weighted by atomic mass is 35.5. The van der Waals surface area contributed by atoms with Gasteiger partial charge in [-0.3, -0.25) is 14.5 Å². The van der Waals surface area contributed by atoms with Crippen LogP contribution < -0.4 is 16.4 Å². The van der Waals surface area contributed by atoms with Crippen molar-refractivity contribution in [3.05, 3.63) is 64.7 Å². The number of rotatable bonds is 5. The molecular formula is C21H24ClN5O3. The average molecular weight is 430 g/mol. The third-order valence-corrected chi connectivity index (χ3v) is 4.98. The number of halogens is 1. The molecule has 0 radical (unpaired) electrons. The highest BCUT2D eigenvalue weighted by Gasteiger charge is 2.42. The molecule has 158 valence electrons. The van der Waals surface area contributed by atoms with Crippen LogP contribution in [0.15, 0.2) is 48.5 Å². The number of hydrogen-bond acceptors (Lipinski definition) is 4. The lowest BCUT2D eigenvalue weighted by molar-refractivity contribution is -0.127. The summed E-state index contributed by atoms with van der Waals surface area (Å²) in [6, 6.07) is 13.3. The third kappa shape index (κ3) is 4.90. The molecule has 3 rings (SSSR count). The second kappa shape index (κ2) is 9.60. The van der Waals surface area contributed by atoms with Gasteiger partial charge in [0, 0.05) is 42.5 Å². The van der Waals surface area contributed by atoms with Crippen LogP contribution in [0.4, 0.5) is 10.5 Å². The van der Waals surface area contributed by atoms with Crippen LogP contribution in [0.1, 0.15) is 15.9 Å². The van der Waals surface area contributed by atoms with Gasteiger partial charge in [0.15, 0.2) is 6.17 Å². The SMILES string of the molecule is Cc1ccc(C(=O)N2CCN(C(=O)Nc3cccc(Cl)c3)C2C(=O)NCCN)cc1. The molecule has 1 heterocycles. The Morgan fingerprint density at radius 3 is 2.47 bits per heavy atom. The minimum Gasteiger partial charge on any atom is -0.351 e. The molecule has 1 atom stereocenters. The van der Waals surface area contributed by atoms with Crippen molar-refractivity contribution in [2.24, 2.45) is 5.73 Å². The number of anilines is 1. The maximum absolute atomic E-state index is 13.1. The third-order valence-electron chi connectivity index (χ3n) is 4.75. The van der Waals surface area contributed by atoms with Gasteiger partial charge in [-0.15, -0.1) is 0 Å². The summed E-state index contributed by atoms with van der Waals surface area (Å²) in [4.78, 5) is 41.5. The van der Waals surface area contributed by atoms with Crippen molar-refractivity contribution in [1.82, 2.24) is 15.1 Å². The molecule has 1 unspecified atom stereocenters. The molecule has 9 heteroatoms. The summed E-state index contributed by atoms with van der Waals surface area (Å²) in [6.07, 6.45) is -1.08. The van der Waals surface area contributed by atoms with Crippen LogP contribution in [-0.2, 0) is 4.79 Å². The van der Waals surface area contributed by atoms with Gasteiger partial charge in [-0.25, -0.2) is 4.79 Å². The van der Waals surface area contributed by atoms with E-state index in [4.69, 9.17) is 17.3 Å². The van der Waals surface area contributed by atoms with Crippen LogP contribution >= 0.6 is 11.6 Å². The van der Waals surface area contributed by atoms with Crippen molar-refractivity contribution in [3.8, 4) is 0 Å². The number of aryl methyl sites for hydroxylation is 1. The Morgan fingerprint density at radius 1 is 1.10 bits per heavy atom. The highest BCUT2D eigenvalue weighted by molar-refractivity contribution is 6.30. The molecule has 4 N–H and O–H groups in total. The number of nitrogens with zero attached hydrogens (tertiary/aromatic N) is 2. The lowest BCUT2D eigenvalue weighted by Gasteiger charge is -2.29. The fourth-order valence-electron chi connectivity index (χ4n) is 3.25. The van der Waals surface area contributed by atoms with Gasteiger partial charge >= 0.3 is 6.03 Å². The molecule has 1 fully saturated rings. The standard InChI is InChI=1S/C21H24ClN5O3/c1-14-5-7-15(8-6-14)20(29)26-11-12-27(19(26)18(28)24-10-9-23)21(30)25-17-4-2-3-16(22)13-17/h2-8,13,19H,9-12,23H2,1H3,(H,24,28)(H,25,30). The summed E-state index contributed by atoms with van der Waals surface area (Å²) in [5, 5.41) is 5.88. The Hall–Kier alpha value is -3.10. The summed E-state index contributed by atoms with van der Waals surface area (Å²) >= 11 is 5.97. The van der Waals surface area contributed by atoms with E-state index >= 15 is 0 Å². The topological polar surface area (TPSA) is 108 Å². The number of carbonyl (C=O) groups is 3. The van der Waals surface area contributed by atoms with Crippen LogP contribution in [0.2, 0.25) is 5.02 Å². The summed E-state index contributed by atoms with van der Waals surface area (Å²) in [5.74, 6) is -0.777. The Morgan fingerprint density at radius 2 is 1.80 bits per heavy atom. The first-order valence-corrected chi connectivity index (χ1v) is 9.97. The predicted octanol–water partition coefficient (Wildman–Crippen LogP) is 2.04. The number of amides is 4. The van der Waals surface area contributed by atoms with E-state index in [9.17, 15) is 14.4 Å². The van der Waals surface area contributed by atoms with E-state index in [1.807, 2.05) is 19.1 Å². The van der Waals surface area contributed by atoms with Gasteiger partial charge in [0.1, 0.15) is 0 Å². The van der Waals surface area contributed by atoms with Gasteiger partial charge in [-0.05, 0) is 37.3 Å². The number of nitrogens with one attached hydrogen (secondary N) is 2. The van der Waals surface area contributed by atoms with E-state index in [2.05, 4.69) is 10.6 Å². The Kier molecular flexibility index (Phi) is 6.91. The molecule has 0 aromatic heterocycles. The number of hydrogen-bond donors (Lipinski definition) is 3. The first-order valence-electron chi connectivity index (χ1n) is 9.59. The van der Waals surface area contributed by atoms with Crippen LogP contribution in [0.3, 0.4) is 0 Å². The summed E-state index contributed by atoms with van der Waals surface area (Å²) in [5.41, 5.74) is 7.46. The van der Waals surface area contributed by atoms with Crippen LogP contribution in [0.5, 0.6) is 0 Å². The van der Waals surface area contributed by atoms with E-state index in [1.165, 1.54) is 9.80 Å². The molecule has 1 aliphatic heterocycles. The van der Waals surface area contributed by atoms with Gasteiger partial charge in [-0.1, -0.05) is 35.4 Å². The fourth-order valence-corrected chi connectivity index (χ4v) is 3.44. The molecule has 1 saturated heterocycles. The second-order valence-corrected chi connectivity index (χ2v) is 7.39. The number of benzene rings is 2. The number of nitrogens with two attached hydrogens (primary N) is 1. The maximum atomic E-state index is 13.1. The predicted molar refractivity (Wildman–Crippen MR) is 115 cm³/mol. The fraction of sp³-hybridized carbons (Fsp3) is 0.286. The van der Waals surface area contributed by atoms with Gasteiger partial charge < -0.3 is 21.3 Å². The number of carbonyl (C=O) groups excluding carboxylic acids is 3. The molecule has 30 heavy (non-hydrogen) atoms. The van der Waals surface area contributed by atoms with Crippen molar-refractivity contribution in [2.75, 3.05) is 31.5 Å². The quantitative estimate of drug-likeness (QED) is 0.675. The van der Waals surface area contributed by atoms with E-state index in [-0.39, 0.29) is 32.1 Å². The number of urea groups is 1. The molecule has 0 spiro atoms. The first kappa shape index (κ1) is 21.6. The monoisotopic (exact) mass is 429 g/mol. The van der Waals surface area contributed by atoms with Crippen LogP contribution in [0, 0.1) is 6.92 Å². The van der Waals surface area contributed by atoms with E-state index < -0.39 is 18.1 Å². The average Bonchev–Trinajstić information content (AvgIpc) is 3.17. The summed E-state index contributed by atoms with van der Waals surface area (Å²) in [6.45, 7) is 2.86. The first-order chi connectivity index (χ1) is 14.4. The van der Waals surface area contributed by atoms with Crippen molar-refractivity contribution in [3.63, 3.8) is 0 Å². The van der Waals surface area contributed by atoms with E-state index in [0.29, 0.717) is 16.3 Å². The molecule has 2 aromatic carbocycles. The van der Waals surface area contributed by atoms with Crippen molar-refractivity contribution < 1.29 is 14.4 Å². The van der Waals surface area contributed by atoms with Crippen molar-refractivity contribution >= 4 is 35.1 Å². The second-order valence-electron chi connectivity index (χ2n) is 6.95. The maximum Gasteiger partial charge on any atom is 0.323 e. The zero-order valence-electron chi connectivity index (χ0n) is 16.6. The lowest BCUT2D eigenvalue weighted by atomic mass is 10.1. The van der Waals surface area contributed by atoms with Crippen LogP contribution in [0.25, 0.3) is 0 Å². The van der Waals surface area contributed by atoms with E-state index in [1.54, 1.807) is 36.4 Å². The summed E-state index contributed by atoms with van der Waals surface area (Å²) < 4.78 is 0. The zero-order chi connectivity index (χ0) is 21.7. The molecule has 4 amide bonds. The van der Waals surface area contributed by atoms with Gasteiger partial charge in [0.2, 0.25) is 0 Å². The minimum atomic E-state index is -1.08. The Bertz CT molecular complexity index is 934. The smallest absolute Gasteiger partial charge is 0.323 e. The molecule has 8 nitrogen and oxygen atoms in total. The van der Waals surface area contributed by atoms with Crippen LogP contribution in [-0.4, -0.2) is 60.0 Å². The zero-order valence-corrected chi connectivity index (χ0v) is 17.4. The summed E-state index contributed by atoms with van der Waals surface area (Å²) in [7, 11) is 0. The largest absolute Gasteiger partial charge is 0.351 e. The molecule has 0 aliphatic carbocycles. The van der Waals surface area contributed by atoms with Gasteiger partial charge in [-0.2, -0.15) is 0 Å².